The summed E-state index contributed by atoms with van der Waals surface area (Å²) in [6.45, 7) is 0.479. The number of benzene rings is 1. The minimum absolute atomic E-state index is 0.0781. The van der Waals surface area contributed by atoms with Gasteiger partial charge >= 0.3 is 0 Å². The quantitative estimate of drug-likeness (QED) is 0.681. The molecular weight excluding hydrogens is 242 g/mol. The van der Waals surface area contributed by atoms with E-state index in [-0.39, 0.29) is 11.9 Å². The summed E-state index contributed by atoms with van der Waals surface area (Å²) in [5, 5.41) is 8.85. The molecule has 1 amide bonds. The SMILES string of the molecule is CNC(=O)[C@@H]1C[C@@](C=O)(c2ccccc2NC)CN1. The van der Waals surface area contributed by atoms with Crippen LogP contribution in [0.25, 0.3) is 0 Å². The highest BCUT2D eigenvalue weighted by atomic mass is 16.2. The Morgan fingerprint density at radius 1 is 1.42 bits per heavy atom. The van der Waals surface area contributed by atoms with Crippen LogP contribution < -0.4 is 16.0 Å². The molecule has 1 aromatic rings. The second-order valence-electron chi connectivity index (χ2n) is 4.82. The molecule has 3 N–H and O–H groups in total. The summed E-state index contributed by atoms with van der Waals surface area (Å²) in [6, 6.07) is 7.39. The fraction of sp³-hybridized carbons (Fsp3) is 0.429. The van der Waals surface area contributed by atoms with Crippen molar-refractivity contribution in [1.29, 1.82) is 0 Å². The van der Waals surface area contributed by atoms with Gasteiger partial charge in [0.1, 0.15) is 6.29 Å². The zero-order valence-electron chi connectivity index (χ0n) is 11.2. The Bertz CT molecular complexity index is 489. The van der Waals surface area contributed by atoms with Gasteiger partial charge in [-0.15, -0.1) is 0 Å². The summed E-state index contributed by atoms with van der Waals surface area (Å²) in [4.78, 5) is 23.4. The van der Waals surface area contributed by atoms with E-state index < -0.39 is 5.41 Å². The number of aldehydes is 1. The van der Waals surface area contributed by atoms with Crippen molar-refractivity contribution in [3.63, 3.8) is 0 Å². The van der Waals surface area contributed by atoms with Crippen LogP contribution in [-0.4, -0.2) is 38.9 Å². The van der Waals surface area contributed by atoms with E-state index in [2.05, 4.69) is 16.0 Å². The van der Waals surface area contributed by atoms with Gasteiger partial charge in [-0.2, -0.15) is 0 Å². The second-order valence-corrected chi connectivity index (χ2v) is 4.82. The zero-order chi connectivity index (χ0) is 13.9. The molecule has 5 heteroatoms. The minimum Gasteiger partial charge on any atom is -0.388 e. The molecule has 0 bridgehead atoms. The number of hydrogen-bond donors (Lipinski definition) is 3. The van der Waals surface area contributed by atoms with E-state index in [1.165, 1.54) is 0 Å². The first-order valence-corrected chi connectivity index (χ1v) is 6.35. The number of hydrogen-bond acceptors (Lipinski definition) is 4. The molecule has 102 valence electrons. The first-order chi connectivity index (χ1) is 9.16. The van der Waals surface area contributed by atoms with Crippen LogP contribution in [0.3, 0.4) is 0 Å². The Morgan fingerprint density at radius 3 is 2.79 bits per heavy atom. The van der Waals surface area contributed by atoms with Crippen LogP contribution in [0, 0.1) is 0 Å². The molecule has 0 saturated carbocycles. The van der Waals surface area contributed by atoms with E-state index in [4.69, 9.17) is 0 Å². The van der Waals surface area contributed by atoms with E-state index >= 15 is 0 Å². The average molecular weight is 261 g/mol. The maximum absolute atomic E-state index is 11.7. The first-order valence-electron chi connectivity index (χ1n) is 6.35. The predicted octanol–water partition coefficient (Wildman–Crippen LogP) is 0.273. The monoisotopic (exact) mass is 261 g/mol. The molecule has 1 fully saturated rings. The number of likely N-dealkylation sites (N-methyl/N-ethyl adjacent to an activating group) is 1. The van der Waals surface area contributed by atoms with Crippen molar-refractivity contribution in [1.82, 2.24) is 10.6 Å². The predicted molar refractivity (Wildman–Crippen MR) is 74.2 cm³/mol. The largest absolute Gasteiger partial charge is 0.388 e. The molecule has 1 aromatic carbocycles. The molecule has 2 atom stereocenters. The summed E-state index contributed by atoms with van der Waals surface area (Å²) in [5.41, 5.74) is 1.22. The Hall–Kier alpha value is -1.88. The first kappa shape index (κ1) is 13.5. The molecule has 0 aliphatic carbocycles. The molecule has 19 heavy (non-hydrogen) atoms. The Labute approximate surface area is 112 Å². The van der Waals surface area contributed by atoms with Crippen molar-refractivity contribution in [2.24, 2.45) is 0 Å². The van der Waals surface area contributed by atoms with Crippen molar-refractivity contribution in [2.45, 2.75) is 17.9 Å². The maximum atomic E-state index is 11.7. The Morgan fingerprint density at radius 2 is 2.16 bits per heavy atom. The molecule has 0 aromatic heterocycles. The lowest BCUT2D eigenvalue weighted by Gasteiger charge is -2.24. The Balaban J connectivity index is 2.35. The van der Waals surface area contributed by atoms with Gasteiger partial charge in [0.2, 0.25) is 5.91 Å². The van der Waals surface area contributed by atoms with Gasteiger partial charge in [0, 0.05) is 26.3 Å². The van der Waals surface area contributed by atoms with Crippen molar-refractivity contribution in [3.05, 3.63) is 29.8 Å². The molecule has 1 saturated heterocycles. The third-order valence-corrected chi connectivity index (χ3v) is 3.75. The minimum atomic E-state index is -0.642. The highest BCUT2D eigenvalue weighted by Crippen LogP contribution is 2.35. The van der Waals surface area contributed by atoms with Crippen LogP contribution in [0.5, 0.6) is 0 Å². The maximum Gasteiger partial charge on any atom is 0.236 e. The molecule has 2 rings (SSSR count). The lowest BCUT2D eigenvalue weighted by atomic mass is 9.79. The van der Waals surface area contributed by atoms with Crippen LogP contribution in [0.2, 0.25) is 0 Å². The van der Waals surface area contributed by atoms with Crippen molar-refractivity contribution in [2.75, 3.05) is 26.0 Å². The van der Waals surface area contributed by atoms with E-state index in [0.29, 0.717) is 13.0 Å². The fourth-order valence-electron chi connectivity index (χ4n) is 2.67. The summed E-state index contributed by atoms with van der Waals surface area (Å²) in [6.07, 6.45) is 1.44. The molecular formula is C14H19N3O2. The molecule has 1 aliphatic rings. The van der Waals surface area contributed by atoms with Gasteiger partial charge in [0.05, 0.1) is 11.5 Å². The number of amides is 1. The van der Waals surface area contributed by atoms with Gasteiger partial charge in [0.15, 0.2) is 0 Å². The number of rotatable bonds is 4. The van der Waals surface area contributed by atoms with E-state index in [1.807, 2.05) is 31.3 Å². The normalized spacial score (nSPS) is 25.9. The van der Waals surface area contributed by atoms with Crippen LogP contribution in [-0.2, 0) is 15.0 Å². The van der Waals surface area contributed by atoms with Crippen LogP contribution in [0.15, 0.2) is 24.3 Å². The lowest BCUT2D eigenvalue weighted by Crippen LogP contribution is -2.38. The number of carbonyl (C=O) groups excluding carboxylic acids is 2. The average Bonchev–Trinajstić information content (AvgIpc) is 2.92. The fourth-order valence-corrected chi connectivity index (χ4v) is 2.67. The smallest absolute Gasteiger partial charge is 0.236 e. The lowest BCUT2D eigenvalue weighted by molar-refractivity contribution is -0.122. The van der Waals surface area contributed by atoms with Gasteiger partial charge in [-0.1, -0.05) is 18.2 Å². The molecule has 0 unspecified atom stereocenters. The Kier molecular flexibility index (Phi) is 3.85. The topological polar surface area (TPSA) is 70.2 Å². The highest BCUT2D eigenvalue weighted by molar-refractivity contribution is 5.85. The summed E-state index contributed by atoms with van der Waals surface area (Å²) < 4.78 is 0. The van der Waals surface area contributed by atoms with Gasteiger partial charge in [-0.25, -0.2) is 0 Å². The third-order valence-electron chi connectivity index (χ3n) is 3.75. The number of anilines is 1. The van der Waals surface area contributed by atoms with Gasteiger partial charge in [0.25, 0.3) is 0 Å². The van der Waals surface area contributed by atoms with E-state index in [1.54, 1.807) is 7.05 Å². The third kappa shape index (κ3) is 2.33. The van der Waals surface area contributed by atoms with Gasteiger partial charge in [-0.05, 0) is 18.1 Å². The van der Waals surface area contributed by atoms with Gasteiger partial charge < -0.3 is 20.7 Å². The van der Waals surface area contributed by atoms with E-state index in [0.717, 1.165) is 17.5 Å². The molecule has 0 radical (unpaired) electrons. The number of nitrogens with one attached hydrogen (secondary N) is 3. The van der Waals surface area contributed by atoms with Crippen molar-refractivity contribution < 1.29 is 9.59 Å². The van der Waals surface area contributed by atoms with Gasteiger partial charge in [-0.3, -0.25) is 4.79 Å². The van der Waals surface area contributed by atoms with E-state index in [9.17, 15) is 9.59 Å². The van der Waals surface area contributed by atoms with Crippen molar-refractivity contribution in [3.8, 4) is 0 Å². The molecule has 5 nitrogen and oxygen atoms in total. The molecule has 1 aliphatic heterocycles. The van der Waals surface area contributed by atoms with Crippen LogP contribution in [0.1, 0.15) is 12.0 Å². The van der Waals surface area contributed by atoms with Crippen LogP contribution >= 0.6 is 0 Å². The summed E-state index contributed by atoms with van der Waals surface area (Å²) in [7, 11) is 3.43. The number of para-hydroxylation sites is 1. The zero-order valence-corrected chi connectivity index (χ0v) is 11.2. The van der Waals surface area contributed by atoms with Crippen LogP contribution in [0.4, 0.5) is 5.69 Å². The summed E-state index contributed by atoms with van der Waals surface area (Å²) >= 11 is 0. The summed E-state index contributed by atoms with van der Waals surface area (Å²) in [5.74, 6) is -0.0781. The second kappa shape index (κ2) is 5.40. The number of carbonyl (C=O) groups is 2. The molecule has 1 heterocycles. The highest BCUT2D eigenvalue weighted by Gasteiger charge is 2.43. The molecule has 0 spiro atoms. The standard InChI is InChI=1S/C14H19N3O2/c1-15-11-6-4-3-5-10(11)14(9-18)7-12(17-8-14)13(19)16-2/h3-6,9,12,15,17H,7-8H2,1-2H3,(H,16,19)/t12-,14+/m0/s1. The van der Waals surface area contributed by atoms with Crippen molar-refractivity contribution >= 4 is 17.9 Å².